The number of rotatable bonds is 2. The lowest BCUT2D eigenvalue weighted by Crippen LogP contribution is -2.55. The maximum Gasteiger partial charge on any atom is 0.243 e. The predicted octanol–water partition coefficient (Wildman–Crippen LogP) is 5.64. The van der Waals surface area contributed by atoms with Crippen LogP contribution in [0.2, 0.25) is 0 Å². The molecular weight excluding hydrogens is 354 g/mol. The zero-order chi connectivity index (χ0) is 20.0. The third kappa shape index (κ3) is 4.12. The van der Waals surface area contributed by atoms with Crippen molar-refractivity contribution in [1.29, 1.82) is 0 Å². The van der Waals surface area contributed by atoms with Crippen LogP contribution in [0, 0.1) is 29.6 Å². The first-order valence-electron chi connectivity index (χ1n) is 10.5. The Morgan fingerprint density at radius 1 is 1.04 bits per heavy atom. The molecule has 1 spiro atoms. The van der Waals surface area contributed by atoms with Gasteiger partial charge in [0.05, 0.1) is 4.90 Å². The summed E-state index contributed by atoms with van der Waals surface area (Å²) in [4.78, 5) is 0.438. The Labute approximate surface area is 166 Å². The summed E-state index contributed by atoms with van der Waals surface area (Å²) in [5.41, 5.74) is 1.60. The minimum absolute atomic E-state index is 0.0577. The lowest BCUT2D eigenvalue weighted by Gasteiger charge is -2.52. The van der Waals surface area contributed by atoms with E-state index in [2.05, 4.69) is 34.6 Å². The largest absolute Gasteiger partial charge is 0.243 e. The molecule has 3 nitrogen and oxygen atoms in total. The van der Waals surface area contributed by atoms with Gasteiger partial charge in [-0.05, 0) is 80.8 Å². The summed E-state index contributed by atoms with van der Waals surface area (Å²) in [5, 5.41) is 0. The smallest absolute Gasteiger partial charge is 0.207 e. The molecule has 27 heavy (non-hydrogen) atoms. The van der Waals surface area contributed by atoms with Crippen LogP contribution < -0.4 is 0 Å². The molecule has 4 heteroatoms. The van der Waals surface area contributed by atoms with Crippen molar-refractivity contribution in [3.8, 4) is 0 Å². The summed E-state index contributed by atoms with van der Waals surface area (Å²) in [6, 6.07) is 7.38. The molecule has 1 aliphatic heterocycles. The number of aryl methyl sites for hydroxylation is 1. The van der Waals surface area contributed by atoms with Gasteiger partial charge in [0.2, 0.25) is 10.0 Å². The Morgan fingerprint density at radius 3 is 2.11 bits per heavy atom. The molecule has 1 saturated carbocycles. The van der Waals surface area contributed by atoms with Crippen molar-refractivity contribution in [2.24, 2.45) is 22.7 Å². The van der Waals surface area contributed by atoms with Crippen LogP contribution >= 0.6 is 0 Å². The normalized spacial score (nSPS) is 33.3. The van der Waals surface area contributed by atoms with Crippen molar-refractivity contribution in [3.05, 3.63) is 29.8 Å². The van der Waals surface area contributed by atoms with Crippen LogP contribution in [0.3, 0.4) is 0 Å². The zero-order valence-electron chi connectivity index (χ0n) is 18.0. The van der Waals surface area contributed by atoms with Gasteiger partial charge in [0.1, 0.15) is 0 Å². The van der Waals surface area contributed by atoms with E-state index < -0.39 is 10.0 Å². The number of benzene rings is 1. The molecule has 1 aromatic carbocycles. The average molecular weight is 392 g/mol. The molecule has 1 saturated heterocycles. The van der Waals surface area contributed by atoms with Crippen LogP contribution in [0.15, 0.2) is 29.2 Å². The second-order valence-electron chi connectivity index (χ2n) is 10.4. The maximum atomic E-state index is 13.4. The maximum absolute atomic E-state index is 13.4. The molecule has 0 bridgehead atoms. The Morgan fingerprint density at radius 2 is 1.59 bits per heavy atom. The Kier molecular flexibility index (Phi) is 5.55. The van der Waals surface area contributed by atoms with E-state index in [1.165, 1.54) is 12.8 Å². The molecule has 3 rings (SSSR count). The standard InChI is InChI=1S/C23H37NO2S/c1-17-7-9-21(10-8-17)27(25,26)24-16-23(15-18(2)19(24)3)13-11-20(12-14-23)22(4,5)6/h7-10,18-20H,11-16H2,1-6H3/t18-,19+,20?,23?/m1/s1. The van der Waals surface area contributed by atoms with Crippen LogP contribution in [0.25, 0.3) is 0 Å². The van der Waals surface area contributed by atoms with Gasteiger partial charge in [-0.3, -0.25) is 0 Å². The summed E-state index contributed by atoms with van der Waals surface area (Å²) in [7, 11) is -3.44. The molecule has 152 valence electrons. The average Bonchev–Trinajstić information content (AvgIpc) is 2.58. The predicted molar refractivity (Wildman–Crippen MR) is 112 cm³/mol. The molecule has 2 aliphatic rings. The van der Waals surface area contributed by atoms with Crippen LogP contribution in [0.1, 0.15) is 72.3 Å². The molecule has 0 amide bonds. The second-order valence-corrected chi connectivity index (χ2v) is 12.3. The third-order valence-electron chi connectivity index (χ3n) is 7.42. The Balaban J connectivity index is 1.85. The Bertz CT molecular complexity index is 753. The first kappa shape index (κ1) is 20.9. The number of hydrogen-bond donors (Lipinski definition) is 0. The topological polar surface area (TPSA) is 37.4 Å². The van der Waals surface area contributed by atoms with Gasteiger partial charge in [-0.15, -0.1) is 0 Å². The lowest BCUT2D eigenvalue weighted by molar-refractivity contribution is 0.00473. The van der Waals surface area contributed by atoms with Gasteiger partial charge in [-0.25, -0.2) is 8.42 Å². The summed E-state index contributed by atoms with van der Waals surface area (Å²) in [6.45, 7) is 14.0. The minimum atomic E-state index is -3.44. The van der Waals surface area contributed by atoms with Crippen molar-refractivity contribution in [2.45, 2.75) is 84.6 Å². The van der Waals surface area contributed by atoms with E-state index in [4.69, 9.17) is 0 Å². The van der Waals surface area contributed by atoms with Gasteiger partial charge in [-0.2, -0.15) is 4.31 Å². The first-order valence-corrected chi connectivity index (χ1v) is 12.0. The fourth-order valence-corrected chi connectivity index (χ4v) is 7.12. The van der Waals surface area contributed by atoms with E-state index in [0.29, 0.717) is 22.8 Å². The zero-order valence-corrected chi connectivity index (χ0v) is 18.8. The molecule has 0 aromatic heterocycles. The highest BCUT2D eigenvalue weighted by Gasteiger charge is 2.48. The molecule has 2 atom stereocenters. The summed E-state index contributed by atoms with van der Waals surface area (Å²) in [5.74, 6) is 1.14. The van der Waals surface area contributed by atoms with Crippen molar-refractivity contribution in [2.75, 3.05) is 6.54 Å². The van der Waals surface area contributed by atoms with Crippen molar-refractivity contribution in [1.82, 2.24) is 4.31 Å². The molecule has 0 unspecified atom stereocenters. The van der Waals surface area contributed by atoms with Gasteiger partial charge < -0.3 is 0 Å². The fourth-order valence-electron chi connectivity index (χ4n) is 5.28. The molecule has 0 radical (unpaired) electrons. The highest BCUT2D eigenvalue weighted by atomic mass is 32.2. The molecule has 1 aromatic rings. The van der Waals surface area contributed by atoms with E-state index in [-0.39, 0.29) is 11.5 Å². The first-order chi connectivity index (χ1) is 12.4. The molecule has 1 heterocycles. The van der Waals surface area contributed by atoms with Crippen LogP contribution in [-0.2, 0) is 10.0 Å². The van der Waals surface area contributed by atoms with Crippen molar-refractivity contribution < 1.29 is 8.42 Å². The fraction of sp³-hybridized carbons (Fsp3) is 0.739. The second kappa shape index (κ2) is 7.18. The molecule has 0 N–H and O–H groups in total. The van der Waals surface area contributed by atoms with Gasteiger partial charge in [0.25, 0.3) is 0 Å². The summed E-state index contributed by atoms with van der Waals surface area (Å²) >= 11 is 0. The highest BCUT2D eigenvalue weighted by Crippen LogP contribution is 2.51. The van der Waals surface area contributed by atoms with Gasteiger partial charge in [0, 0.05) is 12.6 Å². The number of sulfonamides is 1. The lowest BCUT2D eigenvalue weighted by atomic mass is 9.60. The van der Waals surface area contributed by atoms with E-state index >= 15 is 0 Å². The number of hydrogen-bond acceptors (Lipinski definition) is 2. The third-order valence-corrected chi connectivity index (χ3v) is 9.37. The van der Waals surface area contributed by atoms with Crippen molar-refractivity contribution >= 4 is 10.0 Å². The van der Waals surface area contributed by atoms with E-state index in [0.717, 1.165) is 30.7 Å². The van der Waals surface area contributed by atoms with Gasteiger partial charge >= 0.3 is 0 Å². The molecule has 2 fully saturated rings. The SMILES string of the molecule is Cc1ccc(S(=O)(=O)N2CC3(CCC(C(C)(C)C)CC3)C[C@@H](C)[C@@H]2C)cc1. The van der Waals surface area contributed by atoms with Gasteiger partial charge in [-0.1, -0.05) is 45.4 Å². The number of piperidine rings is 1. The van der Waals surface area contributed by atoms with Crippen LogP contribution in [0.4, 0.5) is 0 Å². The molecular formula is C23H37NO2S. The molecule has 1 aliphatic carbocycles. The Hall–Kier alpha value is -0.870. The van der Waals surface area contributed by atoms with E-state index in [1.807, 2.05) is 23.4 Å². The minimum Gasteiger partial charge on any atom is -0.207 e. The van der Waals surface area contributed by atoms with Crippen LogP contribution in [0.5, 0.6) is 0 Å². The van der Waals surface area contributed by atoms with E-state index in [9.17, 15) is 8.42 Å². The van der Waals surface area contributed by atoms with Crippen molar-refractivity contribution in [3.63, 3.8) is 0 Å². The quantitative estimate of drug-likeness (QED) is 0.654. The van der Waals surface area contributed by atoms with Gasteiger partial charge in [0.15, 0.2) is 0 Å². The van der Waals surface area contributed by atoms with E-state index in [1.54, 1.807) is 12.1 Å². The monoisotopic (exact) mass is 391 g/mol. The highest BCUT2D eigenvalue weighted by molar-refractivity contribution is 7.89. The summed E-state index contributed by atoms with van der Waals surface area (Å²) in [6.07, 6.45) is 5.93. The number of nitrogens with zero attached hydrogens (tertiary/aromatic N) is 1. The van der Waals surface area contributed by atoms with Crippen LogP contribution in [-0.4, -0.2) is 25.3 Å². The summed E-state index contributed by atoms with van der Waals surface area (Å²) < 4.78 is 28.7.